The molecule has 0 spiro atoms. The predicted octanol–water partition coefficient (Wildman–Crippen LogP) is 4.40. The van der Waals surface area contributed by atoms with Crippen LogP contribution in [0.3, 0.4) is 0 Å². The number of carbonyl (C=O) groups excluding carboxylic acids is 2. The molecule has 1 atom stereocenters. The van der Waals surface area contributed by atoms with Gasteiger partial charge >= 0.3 is 0 Å². The van der Waals surface area contributed by atoms with E-state index >= 15 is 0 Å². The molecular formula is C24H31FN2O3S. The van der Waals surface area contributed by atoms with Gasteiger partial charge in [0.25, 0.3) is 0 Å². The van der Waals surface area contributed by atoms with Crippen molar-refractivity contribution in [2.24, 2.45) is 0 Å². The Bertz CT molecular complexity index is 841. The molecule has 0 aliphatic rings. The molecule has 0 heterocycles. The van der Waals surface area contributed by atoms with Gasteiger partial charge in [0.2, 0.25) is 11.8 Å². The van der Waals surface area contributed by atoms with Gasteiger partial charge in [0.1, 0.15) is 17.6 Å². The Balaban J connectivity index is 2.12. The van der Waals surface area contributed by atoms with E-state index in [1.807, 2.05) is 45.0 Å². The maximum absolute atomic E-state index is 13.1. The van der Waals surface area contributed by atoms with E-state index in [4.69, 9.17) is 4.74 Å². The van der Waals surface area contributed by atoms with Gasteiger partial charge in [0.15, 0.2) is 0 Å². The van der Waals surface area contributed by atoms with Crippen LogP contribution in [0.25, 0.3) is 0 Å². The zero-order valence-corrected chi connectivity index (χ0v) is 19.4. The first-order valence-corrected chi connectivity index (χ1v) is 11.5. The largest absolute Gasteiger partial charge is 0.497 e. The van der Waals surface area contributed by atoms with E-state index in [1.54, 1.807) is 24.1 Å². The van der Waals surface area contributed by atoms with E-state index in [0.717, 1.165) is 16.9 Å². The molecule has 2 amide bonds. The molecule has 0 radical (unpaired) electrons. The van der Waals surface area contributed by atoms with Gasteiger partial charge in [0, 0.05) is 18.3 Å². The summed E-state index contributed by atoms with van der Waals surface area (Å²) in [5, 5.41) is 2.93. The summed E-state index contributed by atoms with van der Waals surface area (Å²) in [6, 6.07) is 13.2. The second kappa shape index (κ2) is 12.3. The van der Waals surface area contributed by atoms with Gasteiger partial charge in [-0.1, -0.05) is 31.2 Å². The van der Waals surface area contributed by atoms with Gasteiger partial charge in [-0.25, -0.2) is 4.39 Å². The van der Waals surface area contributed by atoms with Gasteiger partial charge in [0.05, 0.1) is 12.9 Å². The SMILES string of the molecule is CC[C@H](C(=O)NC(C)C)N(Cc1ccc(OC)cc1)C(=O)CSCc1ccc(F)cc1. The second-order valence-electron chi connectivity index (χ2n) is 7.58. The number of hydrogen-bond acceptors (Lipinski definition) is 4. The number of amides is 2. The first-order valence-electron chi connectivity index (χ1n) is 10.4. The Morgan fingerprint density at radius 3 is 2.23 bits per heavy atom. The Labute approximate surface area is 188 Å². The van der Waals surface area contributed by atoms with Crippen molar-refractivity contribution in [3.05, 3.63) is 65.5 Å². The van der Waals surface area contributed by atoms with Crippen LogP contribution in [0.15, 0.2) is 48.5 Å². The van der Waals surface area contributed by atoms with Crippen molar-refractivity contribution < 1.29 is 18.7 Å². The van der Waals surface area contributed by atoms with E-state index in [0.29, 0.717) is 18.7 Å². The fraction of sp³-hybridized carbons (Fsp3) is 0.417. The molecule has 5 nitrogen and oxygen atoms in total. The number of benzene rings is 2. The molecule has 31 heavy (non-hydrogen) atoms. The predicted molar refractivity (Wildman–Crippen MR) is 123 cm³/mol. The molecule has 0 aromatic heterocycles. The van der Waals surface area contributed by atoms with E-state index in [-0.39, 0.29) is 29.4 Å². The number of ether oxygens (including phenoxy) is 1. The smallest absolute Gasteiger partial charge is 0.243 e. The van der Waals surface area contributed by atoms with Crippen molar-refractivity contribution in [2.45, 2.75) is 51.6 Å². The zero-order valence-electron chi connectivity index (χ0n) is 18.6. The number of methoxy groups -OCH3 is 1. The first kappa shape index (κ1) is 24.7. The summed E-state index contributed by atoms with van der Waals surface area (Å²) in [6.07, 6.45) is 0.517. The molecule has 168 valence electrons. The average Bonchev–Trinajstić information content (AvgIpc) is 2.74. The molecule has 1 N–H and O–H groups in total. The summed E-state index contributed by atoms with van der Waals surface area (Å²) in [4.78, 5) is 27.6. The number of nitrogens with one attached hydrogen (secondary N) is 1. The Kier molecular flexibility index (Phi) is 9.85. The normalized spacial score (nSPS) is 11.8. The zero-order chi connectivity index (χ0) is 22.8. The molecule has 2 rings (SSSR count). The third-order valence-electron chi connectivity index (χ3n) is 4.74. The maximum atomic E-state index is 13.1. The summed E-state index contributed by atoms with van der Waals surface area (Å²) >= 11 is 1.45. The van der Waals surface area contributed by atoms with Crippen molar-refractivity contribution in [3.8, 4) is 5.75 Å². The minimum Gasteiger partial charge on any atom is -0.497 e. The van der Waals surface area contributed by atoms with E-state index in [9.17, 15) is 14.0 Å². The topological polar surface area (TPSA) is 58.6 Å². The molecule has 2 aromatic rings. The lowest BCUT2D eigenvalue weighted by Crippen LogP contribution is -2.50. The fourth-order valence-electron chi connectivity index (χ4n) is 3.15. The lowest BCUT2D eigenvalue weighted by atomic mass is 10.1. The van der Waals surface area contributed by atoms with Crippen molar-refractivity contribution in [3.63, 3.8) is 0 Å². The minimum absolute atomic E-state index is 0.00709. The highest BCUT2D eigenvalue weighted by Gasteiger charge is 2.28. The van der Waals surface area contributed by atoms with Crippen LogP contribution in [-0.4, -0.2) is 41.7 Å². The monoisotopic (exact) mass is 446 g/mol. The van der Waals surface area contributed by atoms with E-state index < -0.39 is 6.04 Å². The van der Waals surface area contributed by atoms with Crippen molar-refractivity contribution in [1.82, 2.24) is 10.2 Å². The maximum Gasteiger partial charge on any atom is 0.243 e. The number of thioether (sulfide) groups is 1. The molecule has 0 aliphatic heterocycles. The highest BCUT2D eigenvalue weighted by molar-refractivity contribution is 7.99. The van der Waals surface area contributed by atoms with Gasteiger partial charge in [-0.15, -0.1) is 11.8 Å². The van der Waals surface area contributed by atoms with Gasteiger partial charge < -0.3 is 15.0 Å². The Hall–Kier alpha value is -2.54. The summed E-state index contributed by atoms with van der Waals surface area (Å²) in [6.45, 7) is 6.05. The Morgan fingerprint density at radius 2 is 1.68 bits per heavy atom. The van der Waals surface area contributed by atoms with Crippen molar-refractivity contribution >= 4 is 23.6 Å². The van der Waals surface area contributed by atoms with Crippen LogP contribution in [0.2, 0.25) is 0 Å². The number of nitrogens with zero attached hydrogens (tertiary/aromatic N) is 1. The number of halogens is 1. The standard InChI is InChI=1S/C24H31FN2O3S/c1-5-22(24(29)26-17(2)3)27(14-18-8-12-21(30-4)13-9-18)23(28)16-31-15-19-6-10-20(25)11-7-19/h6-13,17,22H,5,14-16H2,1-4H3,(H,26,29)/t22-/m1/s1. The molecule has 2 aromatic carbocycles. The molecule has 0 fully saturated rings. The van der Waals surface area contributed by atoms with Gasteiger partial charge in [-0.05, 0) is 55.7 Å². The fourth-order valence-corrected chi connectivity index (χ4v) is 4.02. The summed E-state index contributed by atoms with van der Waals surface area (Å²) in [5.41, 5.74) is 1.87. The van der Waals surface area contributed by atoms with Crippen LogP contribution >= 0.6 is 11.8 Å². The van der Waals surface area contributed by atoms with Crippen LogP contribution in [0, 0.1) is 5.82 Å². The number of rotatable bonds is 11. The second-order valence-corrected chi connectivity index (χ2v) is 8.56. The quantitative estimate of drug-likeness (QED) is 0.556. The molecular weight excluding hydrogens is 415 g/mol. The summed E-state index contributed by atoms with van der Waals surface area (Å²) < 4.78 is 18.3. The minimum atomic E-state index is -0.552. The summed E-state index contributed by atoms with van der Waals surface area (Å²) in [7, 11) is 1.60. The third kappa shape index (κ3) is 7.90. The lowest BCUT2D eigenvalue weighted by Gasteiger charge is -2.31. The molecule has 0 saturated heterocycles. The van der Waals surface area contributed by atoms with Crippen molar-refractivity contribution in [1.29, 1.82) is 0 Å². The highest BCUT2D eigenvalue weighted by atomic mass is 32.2. The van der Waals surface area contributed by atoms with E-state index in [1.165, 1.54) is 23.9 Å². The molecule has 0 unspecified atom stereocenters. The lowest BCUT2D eigenvalue weighted by molar-refractivity contribution is -0.139. The summed E-state index contributed by atoms with van der Waals surface area (Å²) in [5.74, 6) is 1.03. The van der Waals surface area contributed by atoms with Crippen LogP contribution in [0.1, 0.15) is 38.3 Å². The van der Waals surface area contributed by atoms with Crippen LogP contribution < -0.4 is 10.1 Å². The number of carbonyl (C=O) groups is 2. The van der Waals surface area contributed by atoms with Crippen LogP contribution in [0.5, 0.6) is 5.75 Å². The third-order valence-corrected chi connectivity index (χ3v) is 5.72. The van der Waals surface area contributed by atoms with Gasteiger partial charge in [-0.2, -0.15) is 0 Å². The first-order chi connectivity index (χ1) is 14.8. The number of hydrogen-bond donors (Lipinski definition) is 1. The van der Waals surface area contributed by atoms with Crippen LogP contribution in [0.4, 0.5) is 4.39 Å². The molecule has 7 heteroatoms. The molecule has 0 bridgehead atoms. The Morgan fingerprint density at radius 1 is 1.06 bits per heavy atom. The van der Waals surface area contributed by atoms with E-state index in [2.05, 4.69) is 5.32 Å². The average molecular weight is 447 g/mol. The highest BCUT2D eigenvalue weighted by Crippen LogP contribution is 2.19. The van der Waals surface area contributed by atoms with Crippen LogP contribution in [-0.2, 0) is 21.9 Å². The molecule has 0 saturated carbocycles. The van der Waals surface area contributed by atoms with Gasteiger partial charge in [-0.3, -0.25) is 9.59 Å². The van der Waals surface area contributed by atoms with Crippen molar-refractivity contribution in [2.75, 3.05) is 12.9 Å². The molecule has 0 aliphatic carbocycles.